The van der Waals surface area contributed by atoms with Crippen molar-refractivity contribution in [2.24, 2.45) is 11.7 Å². The normalized spacial score (nSPS) is 26.8. The standard InChI is InChI=1S/C10H17N3/c1-7(2)6-13-10(3-4-12-13)8-5-9(8)11/h3-4,7-9H,5-6,11H2,1-2H3/t8-,9-/m0/s1. The van der Waals surface area contributed by atoms with Gasteiger partial charge in [0.25, 0.3) is 0 Å². The molecule has 0 aliphatic heterocycles. The molecule has 13 heavy (non-hydrogen) atoms. The van der Waals surface area contributed by atoms with E-state index in [2.05, 4.69) is 29.7 Å². The van der Waals surface area contributed by atoms with E-state index >= 15 is 0 Å². The van der Waals surface area contributed by atoms with E-state index in [9.17, 15) is 0 Å². The SMILES string of the molecule is CC(C)Cn1nccc1[C@H]1C[C@@H]1N. The molecule has 0 saturated heterocycles. The Bertz CT molecular complexity index is 290. The minimum absolute atomic E-state index is 0.377. The maximum Gasteiger partial charge on any atom is 0.0492 e. The highest BCUT2D eigenvalue weighted by molar-refractivity contribution is 5.19. The summed E-state index contributed by atoms with van der Waals surface area (Å²) in [7, 11) is 0. The molecule has 1 aliphatic carbocycles. The molecule has 0 bridgehead atoms. The number of aromatic nitrogens is 2. The molecule has 0 radical (unpaired) electrons. The molecule has 1 fully saturated rings. The van der Waals surface area contributed by atoms with Crippen LogP contribution in [0.15, 0.2) is 12.3 Å². The Morgan fingerprint density at radius 2 is 2.38 bits per heavy atom. The summed E-state index contributed by atoms with van der Waals surface area (Å²) in [5.41, 5.74) is 7.14. The van der Waals surface area contributed by atoms with Crippen molar-refractivity contribution in [3.63, 3.8) is 0 Å². The zero-order valence-electron chi connectivity index (χ0n) is 8.27. The molecule has 72 valence electrons. The van der Waals surface area contributed by atoms with Crippen molar-refractivity contribution in [3.05, 3.63) is 18.0 Å². The maximum absolute atomic E-state index is 5.82. The van der Waals surface area contributed by atoms with Crippen LogP contribution in [0.3, 0.4) is 0 Å². The molecule has 1 aromatic heterocycles. The third kappa shape index (κ3) is 1.75. The molecule has 1 heterocycles. The molecular weight excluding hydrogens is 162 g/mol. The molecule has 0 aromatic carbocycles. The van der Waals surface area contributed by atoms with Gasteiger partial charge in [0.2, 0.25) is 0 Å². The van der Waals surface area contributed by atoms with Crippen LogP contribution in [0.25, 0.3) is 0 Å². The number of hydrogen-bond donors (Lipinski definition) is 1. The van der Waals surface area contributed by atoms with Gasteiger partial charge in [0.15, 0.2) is 0 Å². The fourth-order valence-corrected chi connectivity index (χ4v) is 1.71. The Balaban J connectivity index is 2.12. The van der Waals surface area contributed by atoms with Crippen molar-refractivity contribution in [1.82, 2.24) is 9.78 Å². The average Bonchev–Trinajstić information content (AvgIpc) is 2.60. The molecule has 0 unspecified atom stereocenters. The fourth-order valence-electron chi connectivity index (χ4n) is 1.71. The number of rotatable bonds is 3. The van der Waals surface area contributed by atoms with Gasteiger partial charge < -0.3 is 5.73 Å². The summed E-state index contributed by atoms with van der Waals surface area (Å²) in [6, 6.07) is 2.47. The lowest BCUT2D eigenvalue weighted by molar-refractivity contribution is 0.468. The van der Waals surface area contributed by atoms with Crippen LogP contribution in [0.1, 0.15) is 31.9 Å². The number of nitrogens with two attached hydrogens (primary N) is 1. The maximum atomic E-state index is 5.82. The zero-order valence-corrected chi connectivity index (χ0v) is 8.27. The lowest BCUT2D eigenvalue weighted by atomic mass is 10.2. The summed E-state index contributed by atoms with van der Waals surface area (Å²) in [4.78, 5) is 0. The van der Waals surface area contributed by atoms with Crippen LogP contribution >= 0.6 is 0 Å². The van der Waals surface area contributed by atoms with Crippen molar-refractivity contribution in [3.8, 4) is 0 Å². The lowest BCUT2D eigenvalue weighted by Crippen LogP contribution is -2.11. The van der Waals surface area contributed by atoms with E-state index in [0.29, 0.717) is 17.9 Å². The van der Waals surface area contributed by atoms with Crippen LogP contribution in [-0.2, 0) is 6.54 Å². The van der Waals surface area contributed by atoms with Crippen molar-refractivity contribution < 1.29 is 0 Å². The monoisotopic (exact) mass is 179 g/mol. The second-order valence-electron chi connectivity index (χ2n) is 4.34. The summed E-state index contributed by atoms with van der Waals surface area (Å²) < 4.78 is 2.10. The van der Waals surface area contributed by atoms with Crippen LogP contribution in [0.5, 0.6) is 0 Å². The van der Waals surface area contributed by atoms with E-state index in [1.807, 2.05) is 6.20 Å². The van der Waals surface area contributed by atoms with E-state index in [1.165, 1.54) is 5.69 Å². The predicted octanol–water partition coefficient (Wildman–Crippen LogP) is 1.35. The third-order valence-corrected chi connectivity index (χ3v) is 2.51. The van der Waals surface area contributed by atoms with Gasteiger partial charge in [-0.2, -0.15) is 5.10 Å². The number of nitrogens with zero attached hydrogens (tertiary/aromatic N) is 2. The van der Waals surface area contributed by atoms with Crippen molar-refractivity contribution in [2.75, 3.05) is 0 Å². The van der Waals surface area contributed by atoms with E-state index < -0.39 is 0 Å². The van der Waals surface area contributed by atoms with Crippen LogP contribution in [0.4, 0.5) is 0 Å². The van der Waals surface area contributed by atoms with Gasteiger partial charge in [0.05, 0.1) is 0 Å². The molecule has 2 N–H and O–H groups in total. The molecule has 3 heteroatoms. The Morgan fingerprint density at radius 1 is 1.69 bits per heavy atom. The molecule has 1 aliphatic rings. The van der Waals surface area contributed by atoms with Crippen LogP contribution in [0.2, 0.25) is 0 Å². The van der Waals surface area contributed by atoms with Crippen molar-refractivity contribution in [1.29, 1.82) is 0 Å². The van der Waals surface area contributed by atoms with Gasteiger partial charge in [-0.25, -0.2) is 0 Å². The molecular formula is C10H17N3. The van der Waals surface area contributed by atoms with Gasteiger partial charge >= 0.3 is 0 Å². The van der Waals surface area contributed by atoms with Crippen LogP contribution in [-0.4, -0.2) is 15.8 Å². The predicted molar refractivity (Wildman–Crippen MR) is 52.4 cm³/mol. The highest BCUT2D eigenvalue weighted by Crippen LogP contribution is 2.38. The molecule has 1 saturated carbocycles. The topological polar surface area (TPSA) is 43.8 Å². The summed E-state index contributed by atoms with van der Waals surface area (Å²) in [5, 5.41) is 4.31. The van der Waals surface area contributed by atoms with E-state index in [-0.39, 0.29) is 0 Å². The highest BCUT2D eigenvalue weighted by Gasteiger charge is 2.37. The molecule has 0 spiro atoms. The molecule has 2 rings (SSSR count). The Hall–Kier alpha value is -0.830. The van der Waals surface area contributed by atoms with E-state index in [0.717, 1.165) is 13.0 Å². The van der Waals surface area contributed by atoms with Crippen molar-refractivity contribution >= 4 is 0 Å². The quantitative estimate of drug-likeness (QED) is 0.761. The second kappa shape index (κ2) is 3.14. The van der Waals surface area contributed by atoms with Gasteiger partial charge in [-0.15, -0.1) is 0 Å². The Labute approximate surface area is 78.9 Å². The van der Waals surface area contributed by atoms with Crippen LogP contribution in [0, 0.1) is 5.92 Å². The Morgan fingerprint density at radius 3 is 2.92 bits per heavy atom. The molecule has 0 amide bonds. The first-order chi connectivity index (χ1) is 6.18. The molecule has 3 nitrogen and oxygen atoms in total. The summed E-state index contributed by atoms with van der Waals surface area (Å²) >= 11 is 0. The largest absolute Gasteiger partial charge is 0.327 e. The zero-order chi connectivity index (χ0) is 9.42. The fraction of sp³-hybridized carbons (Fsp3) is 0.700. The molecule has 2 atom stereocenters. The third-order valence-electron chi connectivity index (χ3n) is 2.51. The van der Waals surface area contributed by atoms with Gasteiger partial charge in [0, 0.05) is 30.4 Å². The number of hydrogen-bond acceptors (Lipinski definition) is 2. The van der Waals surface area contributed by atoms with Gasteiger partial charge in [0.1, 0.15) is 0 Å². The molecule has 1 aromatic rings. The Kier molecular flexibility index (Phi) is 2.12. The first-order valence-corrected chi connectivity index (χ1v) is 4.95. The second-order valence-corrected chi connectivity index (χ2v) is 4.34. The van der Waals surface area contributed by atoms with Crippen molar-refractivity contribution in [2.45, 2.75) is 38.8 Å². The first-order valence-electron chi connectivity index (χ1n) is 4.95. The summed E-state index contributed by atoms with van der Waals surface area (Å²) in [6.07, 6.45) is 3.01. The van der Waals surface area contributed by atoms with Gasteiger partial charge in [-0.05, 0) is 18.4 Å². The van der Waals surface area contributed by atoms with E-state index in [4.69, 9.17) is 5.73 Å². The average molecular weight is 179 g/mol. The van der Waals surface area contributed by atoms with Gasteiger partial charge in [-0.3, -0.25) is 4.68 Å². The van der Waals surface area contributed by atoms with Crippen LogP contribution < -0.4 is 5.73 Å². The summed E-state index contributed by atoms with van der Waals surface area (Å²) in [5.74, 6) is 1.22. The smallest absolute Gasteiger partial charge is 0.0492 e. The minimum atomic E-state index is 0.377. The van der Waals surface area contributed by atoms with E-state index in [1.54, 1.807) is 0 Å². The van der Waals surface area contributed by atoms with Gasteiger partial charge in [-0.1, -0.05) is 13.8 Å². The highest BCUT2D eigenvalue weighted by atomic mass is 15.3. The first kappa shape index (κ1) is 8.75. The lowest BCUT2D eigenvalue weighted by Gasteiger charge is -2.08. The minimum Gasteiger partial charge on any atom is -0.327 e. The summed E-state index contributed by atoms with van der Waals surface area (Å²) in [6.45, 7) is 5.42.